The van der Waals surface area contributed by atoms with Gasteiger partial charge in [0, 0.05) is 32.7 Å². The predicted octanol–water partition coefficient (Wildman–Crippen LogP) is 4.13. The summed E-state index contributed by atoms with van der Waals surface area (Å²) < 4.78 is 0. The maximum atomic E-state index is 4.49. The number of hydrogen-bond acceptors (Lipinski definition) is 0. The molecule has 0 amide bonds. The minimum Gasteiger partial charge on any atom is 0 e. The van der Waals surface area contributed by atoms with Gasteiger partial charge in [0.05, 0.1) is 10.3 Å². The molecule has 0 atom stereocenters. The summed E-state index contributed by atoms with van der Waals surface area (Å²) in [6, 6.07) is 0. The zero-order chi connectivity index (χ0) is 9.71. The fourth-order valence-corrected chi connectivity index (χ4v) is 3.90. The summed E-state index contributed by atoms with van der Waals surface area (Å²) in [5.74, 6) is 0. The van der Waals surface area contributed by atoms with Crippen LogP contribution in [-0.2, 0) is 50.9 Å². The van der Waals surface area contributed by atoms with Crippen molar-refractivity contribution in [3.63, 3.8) is 0 Å². The molecule has 1 radical (unpaired) electrons. The molecule has 0 aromatic carbocycles. The van der Waals surface area contributed by atoms with Crippen LogP contribution in [0.3, 0.4) is 0 Å². The summed E-state index contributed by atoms with van der Waals surface area (Å²) in [5, 5.41) is 1.14. The van der Waals surface area contributed by atoms with Crippen LogP contribution in [0.15, 0.2) is 0 Å². The Morgan fingerprint density at radius 2 is 1.00 bits per heavy atom. The first kappa shape index (κ1) is 24.6. The van der Waals surface area contributed by atoms with Gasteiger partial charge < -0.3 is 7.43 Å². The summed E-state index contributed by atoms with van der Waals surface area (Å²) in [7, 11) is 5.06. The van der Waals surface area contributed by atoms with Crippen LogP contribution in [0, 0.1) is 7.43 Å². The van der Waals surface area contributed by atoms with Crippen LogP contribution in [0.25, 0.3) is 0 Å². The fourth-order valence-electron chi connectivity index (χ4n) is 1.30. The third-order valence-electron chi connectivity index (χ3n) is 0.866. The molecule has 0 unspecified atom stereocenters. The van der Waals surface area contributed by atoms with Crippen molar-refractivity contribution in [2.45, 2.75) is 51.9 Å². The van der Waals surface area contributed by atoms with Gasteiger partial charge in [-0.1, -0.05) is 0 Å². The number of rotatable bonds is 0. The maximum absolute atomic E-state index is 4.49. The van der Waals surface area contributed by atoms with E-state index in [9.17, 15) is 0 Å². The van der Waals surface area contributed by atoms with Crippen LogP contribution in [0.4, 0.5) is 0 Å². The standard InChI is InChI=1S/C8H19P.CH3.ClH.Pd.Y/c1-7(2,3)9-8(4,5)6;;;;/h9H,1-6H3;1H3;1H;;/q;-1;;+2;. The van der Waals surface area contributed by atoms with E-state index in [0.29, 0.717) is 18.9 Å². The van der Waals surface area contributed by atoms with Crippen molar-refractivity contribution in [2.24, 2.45) is 0 Å². The van der Waals surface area contributed by atoms with Crippen molar-refractivity contribution in [2.75, 3.05) is 0 Å². The zero-order valence-electron chi connectivity index (χ0n) is 9.85. The second-order valence-corrected chi connectivity index (χ2v) is 8.63. The van der Waals surface area contributed by atoms with E-state index in [-0.39, 0.29) is 40.1 Å². The Hall–Kier alpha value is 2.49. The second kappa shape index (κ2) is 11.0. The van der Waals surface area contributed by atoms with E-state index in [1.807, 2.05) is 0 Å². The first-order valence-electron chi connectivity index (χ1n) is 3.70. The van der Waals surface area contributed by atoms with Crippen LogP contribution >= 0.6 is 18.1 Å². The van der Waals surface area contributed by atoms with E-state index >= 15 is 0 Å². The van der Waals surface area contributed by atoms with Gasteiger partial charge in [0.2, 0.25) is 0 Å². The molecule has 0 rings (SSSR count). The summed E-state index contributed by atoms with van der Waals surface area (Å²) in [5.41, 5.74) is 0. The molecule has 0 saturated heterocycles. The van der Waals surface area contributed by atoms with Gasteiger partial charge in [-0.15, -0.1) is 0 Å². The van der Waals surface area contributed by atoms with Gasteiger partial charge in [0.25, 0.3) is 0 Å². The van der Waals surface area contributed by atoms with E-state index in [2.05, 4.69) is 69.3 Å². The second-order valence-electron chi connectivity index (χ2n) is 4.88. The van der Waals surface area contributed by atoms with Gasteiger partial charge in [0.15, 0.2) is 0 Å². The van der Waals surface area contributed by atoms with Crippen molar-refractivity contribution in [1.29, 1.82) is 0 Å². The van der Waals surface area contributed by atoms with Crippen LogP contribution in [0.1, 0.15) is 41.5 Å². The SMILES string of the molecule is CC(C)(C)[PH2+]C(C)(C)C.[CH3-].[Cl][Pd+].[Y]. The van der Waals surface area contributed by atoms with Crippen LogP contribution in [0.5, 0.6) is 0 Å². The monoisotopic (exact) mass is 392 g/mol. The van der Waals surface area contributed by atoms with Crippen molar-refractivity contribution in [3.05, 3.63) is 7.43 Å². The molecule has 0 aromatic heterocycles. The quantitative estimate of drug-likeness (QED) is 0.330. The van der Waals surface area contributed by atoms with Crippen molar-refractivity contribution in [1.82, 2.24) is 0 Å². The molecular weight excluding hydrogens is 370 g/mol. The zero-order valence-corrected chi connectivity index (χ0v) is 16.2. The van der Waals surface area contributed by atoms with Gasteiger partial charge in [-0.05, 0) is 50.1 Å². The van der Waals surface area contributed by atoms with Gasteiger partial charge >= 0.3 is 27.7 Å². The molecule has 0 aromatic rings. The Morgan fingerprint density at radius 3 is 1.00 bits per heavy atom. The Kier molecular flexibility index (Phi) is 20.8. The molecule has 0 N–H and O–H groups in total. The normalized spacial score (nSPS) is 10.2. The van der Waals surface area contributed by atoms with Crippen LogP contribution in [0.2, 0.25) is 0 Å². The molecular formula is C9H23ClPPdY+. The molecule has 0 fully saturated rings. The molecule has 0 saturated carbocycles. The first-order chi connectivity index (χ1) is 4.71. The van der Waals surface area contributed by atoms with Crippen LogP contribution < -0.4 is 0 Å². The van der Waals surface area contributed by atoms with Gasteiger partial charge in [-0.25, -0.2) is 0 Å². The molecule has 13 heavy (non-hydrogen) atoms. The maximum Gasteiger partial charge on any atom is 0 e. The molecule has 0 aliphatic heterocycles. The summed E-state index contributed by atoms with van der Waals surface area (Å²) in [6.07, 6.45) is 0. The Labute approximate surface area is 127 Å². The molecule has 0 bridgehead atoms. The smallest absolute Gasteiger partial charge is 0 e. The van der Waals surface area contributed by atoms with Gasteiger partial charge in [0.1, 0.15) is 0 Å². The molecule has 0 nitrogen and oxygen atoms in total. The predicted molar refractivity (Wildman–Crippen MR) is 61.5 cm³/mol. The average Bonchev–Trinajstić information content (AvgIpc) is 1.60. The minimum absolute atomic E-state index is 0. The molecule has 4 heteroatoms. The van der Waals surface area contributed by atoms with E-state index in [1.54, 1.807) is 0 Å². The van der Waals surface area contributed by atoms with E-state index in [4.69, 9.17) is 0 Å². The molecule has 83 valence electrons. The topological polar surface area (TPSA) is 0 Å². The summed E-state index contributed by atoms with van der Waals surface area (Å²) >= 11 is 2.22. The molecule has 0 aliphatic rings. The Balaban J connectivity index is -0.0000000941. The molecule has 0 aliphatic carbocycles. The third kappa shape index (κ3) is 31.4. The molecule has 0 spiro atoms. The Morgan fingerprint density at radius 1 is 0.846 bits per heavy atom. The summed E-state index contributed by atoms with van der Waals surface area (Å²) in [4.78, 5) is 0. The summed E-state index contributed by atoms with van der Waals surface area (Å²) in [6.45, 7) is 14.0. The number of halogens is 1. The van der Waals surface area contributed by atoms with Gasteiger partial charge in [-0.2, -0.15) is 0 Å². The fraction of sp³-hybridized carbons (Fsp3) is 0.889. The molecule has 0 heterocycles. The van der Waals surface area contributed by atoms with E-state index < -0.39 is 0 Å². The van der Waals surface area contributed by atoms with Crippen LogP contribution in [-0.4, -0.2) is 10.3 Å². The van der Waals surface area contributed by atoms with E-state index in [0.717, 1.165) is 0 Å². The average molecular weight is 393 g/mol. The van der Waals surface area contributed by atoms with Crippen molar-refractivity contribution in [3.8, 4) is 0 Å². The minimum atomic E-state index is 0. The van der Waals surface area contributed by atoms with Crippen molar-refractivity contribution >= 4 is 18.1 Å². The largest absolute Gasteiger partial charge is 0 e. The third-order valence-corrected chi connectivity index (χ3v) is 2.60. The Bertz CT molecular complexity index is 84.8. The number of hydrogen-bond donors (Lipinski definition) is 0. The van der Waals surface area contributed by atoms with Gasteiger partial charge in [-0.3, -0.25) is 0 Å². The first-order valence-corrected chi connectivity index (χ1v) is 6.85. The van der Waals surface area contributed by atoms with E-state index in [1.165, 1.54) is 0 Å². The van der Waals surface area contributed by atoms with Crippen molar-refractivity contribution < 1.29 is 50.9 Å².